The highest BCUT2D eigenvalue weighted by atomic mass is 16.6. The van der Waals surface area contributed by atoms with E-state index in [2.05, 4.69) is 19.9 Å². The van der Waals surface area contributed by atoms with Gasteiger partial charge in [-0.1, -0.05) is 12.1 Å². The Balaban J connectivity index is 1.89. The van der Waals surface area contributed by atoms with E-state index >= 15 is 0 Å². The van der Waals surface area contributed by atoms with E-state index in [4.69, 9.17) is 15.1 Å². The maximum atomic E-state index is 5.80. The minimum absolute atomic E-state index is 0.256. The lowest BCUT2D eigenvalue weighted by Crippen LogP contribution is -2.31. The van der Waals surface area contributed by atoms with Crippen LogP contribution in [0, 0.1) is 5.92 Å². The van der Waals surface area contributed by atoms with Crippen molar-refractivity contribution < 1.29 is 9.37 Å². The number of benzene rings is 1. The summed E-state index contributed by atoms with van der Waals surface area (Å²) in [7, 11) is 0. The van der Waals surface area contributed by atoms with Gasteiger partial charge >= 0.3 is 0 Å². The molecule has 3 aromatic rings. The van der Waals surface area contributed by atoms with Crippen molar-refractivity contribution in [3.05, 3.63) is 24.3 Å². The Hall–Kier alpha value is -2.41. The summed E-state index contributed by atoms with van der Waals surface area (Å²) < 4.78 is 12.0. The second-order valence-corrected chi connectivity index (χ2v) is 4.94. The molecule has 1 aliphatic heterocycles. The molecule has 3 heterocycles. The molecule has 0 aliphatic carbocycles. The van der Waals surface area contributed by atoms with Crippen LogP contribution in [0.2, 0.25) is 0 Å². The van der Waals surface area contributed by atoms with E-state index in [1.54, 1.807) is 0 Å². The fraction of sp³-hybridized carbons (Fsp3) is 0.308. The topological polar surface area (TPSA) is 92.0 Å². The Labute approximate surface area is 114 Å². The first-order valence-electron chi connectivity index (χ1n) is 6.44. The molecule has 7 heteroatoms. The van der Waals surface area contributed by atoms with E-state index in [9.17, 15) is 0 Å². The molecular formula is C13H13N5O2. The van der Waals surface area contributed by atoms with Crippen molar-refractivity contribution in [3.63, 3.8) is 0 Å². The second-order valence-electron chi connectivity index (χ2n) is 4.94. The molecule has 1 fully saturated rings. The summed E-state index contributed by atoms with van der Waals surface area (Å²) in [6.45, 7) is 2.37. The third kappa shape index (κ3) is 1.67. The van der Waals surface area contributed by atoms with Crippen LogP contribution in [0.1, 0.15) is 0 Å². The van der Waals surface area contributed by atoms with Crippen molar-refractivity contribution >= 4 is 16.9 Å². The van der Waals surface area contributed by atoms with Crippen LogP contribution in [0.25, 0.3) is 22.6 Å². The van der Waals surface area contributed by atoms with E-state index in [1.807, 2.05) is 24.3 Å². The number of nitrogens with zero attached hydrogens (tertiary/aromatic N) is 4. The fourth-order valence-corrected chi connectivity index (χ4v) is 2.44. The van der Waals surface area contributed by atoms with Gasteiger partial charge in [0.25, 0.3) is 0 Å². The van der Waals surface area contributed by atoms with Gasteiger partial charge in [0.1, 0.15) is 0 Å². The van der Waals surface area contributed by atoms with Crippen molar-refractivity contribution in [1.29, 1.82) is 0 Å². The molecule has 4 rings (SSSR count). The predicted molar refractivity (Wildman–Crippen MR) is 71.7 cm³/mol. The van der Waals surface area contributed by atoms with Crippen LogP contribution in [0.15, 0.2) is 28.9 Å². The van der Waals surface area contributed by atoms with Gasteiger partial charge in [-0.25, -0.2) is 9.61 Å². The molecule has 0 radical (unpaired) electrons. The second kappa shape index (κ2) is 4.31. The number of ether oxygens (including phenoxy) is 1. The number of nitrogen functional groups attached to an aromatic ring is 1. The molecule has 2 aromatic heterocycles. The molecule has 0 bridgehead atoms. The number of hydrogen-bond donors (Lipinski definition) is 1. The molecule has 2 N–H and O–H groups in total. The number of aromatic nitrogens is 4. The number of nitrogens with two attached hydrogens (primary N) is 1. The molecule has 1 aliphatic rings. The highest BCUT2D eigenvalue weighted by molar-refractivity contribution is 5.81. The predicted octanol–water partition coefficient (Wildman–Crippen LogP) is 1.31. The molecule has 0 saturated carbocycles. The summed E-state index contributed by atoms with van der Waals surface area (Å²) in [5, 5.41) is 7.50. The summed E-state index contributed by atoms with van der Waals surface area (Å²) in [4.78, 5) is 4.61. The third-order valence-corrected chi connectivity index (χ3v) is 3.53. The van der Waals surface area contributed by atoms with Crippen molar-refractivity contribution in [1.82, 2.24) is 19.9 Å². The smallest absolute Gasteiger partial charge is 0.199 e. The quantitative estimate of drug-likeness (QED) is 0.772. The highest BCUT2D eigenvalue weighted by Gasteiger charge is 2.24. The normalized spacial score (nSPS) is 15.6. The van der Waals surface area contributed by atoms with Gasteiger partial charge in [0.2, 0.25) is 0 Å². The SMILES string of the molecule is Nc1nonc1-c1nc2ccccc2n1CC1COC1. The molecule has 0 spiro atoms. The van der Waals surface area contributed by atoms with Crippen molar-refractivity contribution in [2.45, 2.75) is 6.54 Å². The van der Waals surface area contributed by atoms with Crippen LogP contribution in [-0.4, -0.2) is 33.1 Å². The molecule has 1 saturated heterocycles. The lowest BCUT2D eigenvalue weighted by Gasteiger charge is -2.26. The Bertz CT molecular complexity index is 759. The molecule has 7 nitrogen and oxygen atoms in total. The lowest BCUT2D eigenvalue weighted by atomic mass is 10.1. The average molecular weight is 271 g/mol. The van der Waals surface area contributed by atoms with Crippen LogP contribution in [0.5, 0.6) is 0 Å². The van der Waals surface area contributed by atoms with Crippen LogP contribution < -0.4 is 5.73 Å². The number of para-hydroxylation sites is 2. The van der Waals surface area contributed by atoms with Gasteiger partial charge < -0.3 is 15.0 Å². The van der Waals surface area contributed by atoms with Crippen LogP contribution in [0.3, 0.4) is 0 Å². The first-order valence-corrected chi connectivity index (χ1v) is 6.44. The van der Waals surface area contributed by atoms with Crippen LogP contribution in [-0.2, 0) is 11.3 Å². The van der Waals surface area contributed by atoms with Gasteiger partial charge in [-0.15, -0.1) is 0 Å². The summed E-state index contributed by atoms with van der Waals surface area (Å²) >= 11 is 0. The van der Waals surface area contributed by atoms with Crippen molar-refractivity contribution in [2.75, 3.05) is 18.9 Å². The molecular weight excluding hydrogens is 258 g/mol. The van der Waals surface area contributed by atoms with Crippen molar-refractivity contribution in [2.24, 2.45) is 5.92 Å². The maximum absolute atomic E-state index is 5.80. The van der Waals surface area contributed by atoms with Crippen LogP contribution in [0.4, 0.5) is 5.82 Å². The van der Waals surface area contributed by atoms with Gasteiger partial charge in [-0.3, -0.25) is 0 Å². The van der Waals surface area contributed by atoms with E-state index in [1.165, 1.54) is 0 Å². The first-order chi connectivity index (χ1) is 9.83. The minimum Gasteiger partial charge on any atom is -0.381 e. The monoisotopic (exact) mass is 271 g/mol. The number of fused-ring (bicyclic) bond motifs is 1. The Morgan fingerprint density at radius 1 is 1.25 bits per heavy atom. The Morgan fingerprint density at radius 2 is 2.10 bits per heavy atom. The highest BCUT2D eigenvalue weighted by Crippen LogP contribution is 2.28. The Morgan fingerprint density at radius 3 is 2.80 bits per heavy atom. The molecule has 0 atom stereocenters. The largest absolute Gasteiger partial charge is 0.381 e. The summed E-state index contributed by atoms with van der Waals surface area (Å²) in [6.07, 6.45) is 0. The zero-order valence-corrected chi connectivity index (χ0v) is 10.7. The van der Waals surface area contributed by atoms with Crippen molar-refractivity contribution in [3.8, 4) is 11.5 Å². The van der Waals surface area contributed by atoms with E-state index in [-0.39, 0.29) is 5.82 Å². The van der Waals surface area contributed by atoms with Crippen LogP contribution >= 0.6 is 0 Å². The van der Waals surface area contributed by atoms with E-state index in [0.29, 0.717) is 17.4 Å². The fourth-order valence-electron chi connectivity index (χ4n) is 2.44. The standard InChI is InChI=1S/C13H13N5O2/c14-12-11(16-20-17-12)13-15-9-3-1-2-4-10(9)18(13)5-8-6-19-7-8/h1-4,8H,5-7H2,(H2,14,17). The van der Waals surface area contributed by atoms with E-state index < -0.39 is 0 Å². The van der Waals surface area contributed by atoms with Gasteiger partial charge in [-0.05, 0) is 22.4 Å². The molecule has 0 amide bonds. The minimum atomic E-state index is 0.256. The number of imidazole rings is 1. The third-order valence-electron chi connectivity index (χ3n) is 3.53. The summed E-state index contributed by atoms with van der Waals surface area (Å²) in [5.41, 5.74) is 8.24. The average Bonchev–Trinajstić information content (AvgIpc) is 2.97. The zero-order valence-electron chi connectivity index (χ0n) is 10.7. The van der Waals surface area contributed by atoms with Gasteiger partial charge in [-0.2, -0.15) is 0 Å². The summed E-state index contributed by atoms with van der Waals surface area (Å²) in [6, 6.07) is 7.96. The maximum Gasteiger partial charge on any atom is 0.199 e. The Kier molecular flexibility index (Phi) is 2.46. The van der Waals surface area contributed by atoms with Gasteiger partial charge in [0, 0.05) is 12.5 Å². The number of anilines is 1. The molecule has 102 valence electrons. The summed E-state index contributed by atoms with van der Waals surface area (Å²) in [5.74, 6) is 1.44. The molecule has 0 unspecified atom stereocenters. The zero-order chi connectivity index (χ0) is 13.5. The lowest BCUT2D eigenvalue weighted by molar-refractivity contribution is -0.0387. The molecule has 1 aromatic carbocycles. The number of rotatable bonds is 3. The number of hydrogen-bond acceptors (Lipinski definition) is 6. The van der Waals surface area contributed by atoms with Gasteiger partial charge in [0.15, 0.2) is 17.3 Å². The van der Waals surface area contributed by atoms with E-state index in [0.717, 1.165) is 30.8 Å². The van der Waals surface area contributed by atoms with Gasteiger partial charge in [0.05, 0.1) is 24.2 Å². The molecule has 20 heavy (non-hydrogen) atoms. The first kappa shape index (κ1) is 11.4.